The standard InChI is InChI=1S/C24H30F3N5O4/c1-23(2)15-12-32(18(17(15)23)20(34)31-29-11-14-8-9-28-19(14)33)21(35)16(30-22(36)24(25,26)27)10-13-6-4-3-5-7-13/h3-7,14-18,29H,8-12H2,1-2H3,(H,28,33)(H,30,36)(H,31,34)/t14-,15-,16?,17-,18-/m0/s1. The topological polar surface area (TPSA) is 120 Å². The molecular formula is C24H30F3N5O4. The van der Waals surface area contributed by atoms with Crippen LogP contribution in [0.2, 0.25) is 0 Å². The number of fused-ring (bicyclic) bond motifs is 1. The lowest BCUT2D eigenvalue weighted by Crippen LogP contribution is -2.59. The molecule has 196 valence electrons. The van der Waals surface area contributed by atoms with Crippen LogP contribution in [0, 0.1) is 23.2 Å². The van der Waals surface area contributed by atoms with Crippen LogP contribution in [0.15, 0.2) is 30.3 Å². The van der Waals surface area contributed by atoms with Crippen LogP contribution in [-0.4, -0.2) is 66.4 Å². The van der Waals surface area contributed by atoms with Crippen molar-refractivity contribution in [3.8, 4) is 0 Å². The zero-order chi connectivity index (χ0) is 26.3. The zero-order valence-corrected chi connectivity index (χ0v) is 20.0. The Morgan fingerprint density at radius 3 is 2.50 bits per heavy atom. The Balaban J connectivity index is 1.49. The maximum Gasteiger partial charge on any atom is 0.471 e. The molecule has 3 aliphatic rings. The number of likely N-dealkylation sites (tertiary alicyclic amines) is 1. The Morgan fingerprint density at radius 1 is 1.19 bits per heavy atom. The lowest BCUT2D eigenvalue weighted by Gasteiger charge is -2.33. The van der Waals surface area contributed by atoms with Gasteiger partial charge < -0.3 is 15.5 Å². The highest BCUT2D eigenvalue weighted by atomic mass is 19.4. The predicted molar refractivity (Wildman–Crippen MR) is 122 cm³/mol. The van der Waals surface area contributed by atoms with Gasteiger partial charge in [0.05, 0.1) is 5.92 Å². The predicted octanol–water partition coefficient (Wildman–Crippen LogP) is 0.516. The van der Waals surface area contributed by atoms with E-state index in [4.69, 9.17) is 0 Å². The SMILES string of the molecule is CC1(C)[C@@H]2[C@@H](C(=O)NNC[C@@H]3CCNC3=O)N(C(=O)C(Cc3ccccc3)NC(=O)C(F)(F)F)C[C@@H]21. The maximum absolute atomic E-state index is 13.5. The number of benzene rings is 1. The van der Waals surface area contributed by atoms with Gasteiger partial charge in [0.1, 0.15) is 12.1 Å². The second-order valence-electron chi connectivity index (χ2n) is 10.2. The summed E-state index contributed by atoms with van der Waals surface area (Å²) < 4.78 is 39.1. The molecule has 1 saturated carbocycles. The Kier molecular flexibility index (Phi) is 7.00. The molecule has 36 heavy (non-hydrogen) atoms. The molecule has 2 heterocycles. The van der Waals surface area contributed by atoms with E-state index in [1.165, 1.54) is 4.90 Å². The summed E-state index contributed by atoms with van der Waals surface area (Å²) in [7, 11) is 0. The van der Waals surface area contributed by atoms with Gasteiger partial charge in [0.25, 0.3) is 5.91 Å². The molecule has 2 aliphatic heterocycles. The number of alkyl halides is 3. The van der Waals surface area contributed by atoms with Gasteiger partial charge in [-0.1, -0.05) is 44.2 Å². The molecule has 4 rings (SSSR count). The first-order valence-electron chi connectivity index (χ1n) is 11.9. The number of carbonyl (C=O) groups is 4. The van der Waals surface area contributed by atoms with Gasteiger partial charge in [-0.2, -0.15) is 13.2 Å². The summed E-state index contributed by atoms with van der Waals surface area (Å²) in [6.07, 6.45) is -4.68. The number of rotatable bonds is 8. The van der Waals surface area contributed by atoms with E-state index in [1.54, 1.807) is 30.3 Å². The summed E-state index contributed by atoms with van der Waals surface area (Å²) in [6.45, 7) is 4.94. The minimum Gasteiger partial charge on any atom is -0.356 e. The molecule has 2 saturated heterocycles. The van der Waals surface area contributed by atoms with Gasteiger partial charge in [-0.15, -0.1) is 0 Å². The number of halogens is 3. The number of nitrogens with zero attached hydrogens (tertiary/aromatic N) is 1. The Hall–Kier alpha value is -3.15. The fraction of sp³-hybridized carbons (Fsp3) is 0.583. The lowest BCUT2D eigenvalue weighted by molar-refractivity contribution is -0.175. The van der Waals surface area contributed by atoms with Crippen LogP contribution >= 0.6 is 0 Å². The minimum atomic E-state index is -5.16. The lowest BCUT2D eigenvalue weighted by atomic mass is 9.98. The van der Waals surface area contributed by atoms with Gasteiger partial charge in [0.15, 0.2) is 0 Å². The summed E-state index contributed by atoms with van der Waals surface area (Å²) >= 11 is 0. The van der Waals surface area contributed by atoms with E-state index in [0.29, 0.717) is 18.5 Å². The van der Waals surface area contributed by atoms with Crippen molar-refractivity contribution in [3.63, 3.8) is 0 Å². The maximum atomic E-state index is 13.5. The fourth-order valence-corrected chi connectivity index (χ4v) is 5.48. The van der Waals surface area contributed by atoms with E-state index in [0.717, 1.165) is 0 Å². The van der Waals surface area contributed by atoms with Crippen molar-refractivity contribution in [2.75, 3.05) is 19.6 Å². The molecule has 3 fully saturated rings. The van der Waals surface area contributed by atoms with Crippen molar-refractivity contribution in [3.05, 3.63) is 35.9 Å². The molecule has 9 nitrogen and oxygen atoms in total. The van der Waals surface area contributed by atoms with Gasteiger partial charge in [0, 0.05) is 26.1 Å². The average molecular weight is 510 g/mol. The van der Waals surface area contributed by atoms with Crippen molar-refractivity contribution in [2.45, 2.75) is 44.9 Å². The molecule has 0 radical (unpaired) electrons. The summed E-state index contributed by atoms with van der Waals surface area (Å²) in [6, 6.07) is 5.99. The molecule has 1 aromatic rings. The number of carbonyl (C=O) groups excluding carboxylic acids is 4. The van der Waals surface area contributed by atoms with Gasteiger partial charge in [-0.05, 0) is 29.2 Å². The van der Waals surface area contributed by atoms with Crippen LogP contribution in [0.1, 0.15) is 25.8 Å². The minimum absolute atomic E-state index is 0.00787. The normalized spacial score (nSPS) is 27.1. The molecule has 1 aliphatic carbocycles. The highest BCUT2D eigenvalue weighted by Gasteiger charge is 2.69. The Bertz CT molecular complexity index is 1030. The first-order chi connectivity index (χ1) is 16.9. The molecule has 4 N–H and O–H groups in total. The number of hydrogen-bond donors (Lipinski definition) is 4. The summed E-state index contributed by atoms with van der Waals surface area (Å²) in [5, 5.41) is 4.54. The molecular weight excluding hydrogens is 479 g/mol. The number of hydrazine groups is 1. The summed E-state index contributed by atoms with van der Waals surface area (Å²) in [5.41, 5.74) is 5.70. The molecule has 1 unspecified atom stereocenters. The fourth-order valence-electron chi connectivity index (χ4n) is 5.48. The Morgan fingerprint density at radius 2 is 1.89 bits per heavy atom. The van der Waals surface area contributed by atoms with E-state index in [2.05, 4.69) is 16.2 Å². The average Bonchev–Trinajstić information content (AvgIpc) is 3.18. The number of hydrogen-bond acceptors (Lipinski definition) is 5. The Labute approximate surface area is 206 Å². The van der Waals surface area contributed by atoms with Crippen molar-refractivity contribution in [2.24, 2.45) is 23.2 Å². The first-order valence-corrected chi connectivity index (χ1v) is 11.9. The highest BCUT2D eigenvalue weighted by molar-refractivity contribution is 5.94. The van der Waals surface area contributed by atoms with Gasteiger partial charge in [-0.25, -0.2) is 5.43 Å². The third kappa shape index (κ3) is 5.18. The van der Waals surface area contributed by atoms with Crippen molar-refractivity contribution in [1.29, 1.82) is 0 Å². The van der Waals surface area contributed by atoms with Crippen molar-refractivity contribution >= 4 is 23.6 Å². The number of amides is 4. The molecule has 0 bridgehead atoms. The molecule has 1 aromatic carbocycles. The number of nitrogens with one attached hydrogen (secondary N) is 4. The first kappa shape index (κ1) is 25.9. The molecule has 0 aromatic heterocycles. The third-order valence-electron chi connectivity index (χ3n) is 7.63. The largest absolute Gasteiger partial charge is 0.471 e. The van der Waals surface area contributed by atoms with E-state index in [9.17, 15) is 32.3 Å². The van der Waals surface area contributed by atoms with Gasteiger partial charge in [0.2, 0.25) is 11.8 Å². The van der Waals surface area contributed by atoms with Crippen LogP contribution < -0.4 is 21.5 Å². The molecule has 4 amide bonds. The van der Waals surface area contributed by atoms with E-state index in [1.807, 2.05) is 19.2 Å². The van der Waals surface area contributed by atoms with Crippen LogP contribution in [0.4, 0.5) is 13.2 Å². The van der Waals surface area contributed by atoms with E-state index >= 15 is 0 Å². The van der Waals surface area contributed by atoms with Crippen LogP contribution in [0.25, 0.3) is 0 Å². The third-order valence-corrected chi connectivity index (χ3v) is 7.63. The van der Waals surface area contributed by atoms with Crippen LogP contribution in [0.3, 0.4) is 0 Å². The van der Waals surface area contributed by atoms with Crippen LogP contribution in [0.5, 0.6) is 0 Å². The molecule has 5 atom stereocenters. The molecule has 0 spiro atoms. The summed E-state index contributed by atoms with van der Waals surface area (Å²) in [4.78, 5) is 51.5. The van der Waals surface area contributed by atoms with Crippen LogP contribution in [-0.2, 0) is 25.6 Å². The smallest absolute Gasteiger partial charge is 0.356 e. The van der Waals surface area contributed by atoms with E-state index < -0.39 is 36.0 Å². The monoisotopic (exact) mass is 509 g/mol. The second-order valence-corrected chi connectivity index (χ2v) is 10.2. The van der Waals surface area contributed by atoms with E-state index in [-0.39, 0.29) is 48.6 Å². The summed E-state index contributed by atoms with van der Waals surface area (Å²) in [5.74, 6) is -4.01. The van der Waals surface area contributed by atoms with Gasteiger partial charge in [-0.3, -0.25) is 24.6 Å². The quantitative estimate of drug-likeness (QED) is 0.381. The number of piperidine rings is 1. The van der Waals surface area contributed by atoms with Crippen molar-refractivity contribution in [1.82, 2.24) is 26.4 Å². The van der Waals surface area contributed by atoms with Gasteiger partial charge >= 0.3 is 12.1 Å². The second kappa shape index (κ2) is 9.72. The highest BCUT2D eigenvalue weighted by Crippen LogP contribution is 2.64. The van der Waals surface area contributed by atoms with Crippen molar-refractivity contribution < 1.29 is 32.3 Å². The molecule has 12 heteroatoms. The zero-order valence-electron chi connectivity index (χ0n) is 20.0.